The molecule has 4 rings (SSSR count). The van der Waals surface area contributed by atoms with Crippen LogP contribution in [0.4, 0.5) is 15.9 Å². The Morgan fingerprint density at radius 2 is 1.94 bits per heavy atom. The van der Waals surface area contributed by atoms with E-state index in [9.17, 15) is 9.18 Å². The molecular formula is C23H22FN5O2. The molecule has 0 fully saturated rings. The van der Waals surface area contributed by atoms with E-state index in [-0.39, 0.29) is 24.9 Å². The molecular weight excluding hydrogens is 397 g/mol. The van der Waals surface area contributed by atoms with Crippen molar-refractivity contribution < 1.29 is 13.9 Å². The average molecular weight is 419 g/mol. The van der Waals surface area contributed by atoms with Gasteiger partial charge in [-0.1, -0.05) is 30.3 Å². The smallest absolute Gasteiger partial charge is 0.250 e. The summed E-state index contributed by atoms with van der Waals surface area (Å²) in [5.41, 5.74) is 3.86. The number of aromatic nitrogens is 3. The molecule has 2 N–H and O–H groups in total. The minimum absolute atomic E-state index is 0.0940. The second kappa shape index (κ2) is 9.36. The molecule has 158 valence electrons. The van der Waals surface area contributed by atoms with E-state index in [2.05, 4.69) is 20.6 Å². The van der Waals surface area contributed by atoms with Crippen LogP contribution in [0.2, 0.25) is 0 Å². The van der Waals surface area contributed by atoms with Crippen molar-refractivity contribution >= 4 is 23.1 Å². The highest BCUT2D eigenvalue weighted by Gasteiger charge is 2.10. The number of anilines is 2. The van der Waals surface area contributed by atoms with E-state index in [1.807, 2.05) is 34.9 Å². The third kappa shape index (κ3) is 4.70. The van der Waals surface area contributed by atoms with Crippen molar-refractivity contribution in [3.05, 3.63) is 78.5 Å². The number of carbonyl (C=O) groups is 1. The molecule has 0 saturated heterocycles. The molecule has 0 bridgehead atoms. The number of nitrogens with one attached hydrogen (secondary N) is 2. The normalized spacial score (nSPS) is 10.9. The number of nitrogens with zero attached hydrogens (tertiary/aromatic N) is 3. The molecule has 0 unspecified atom stereocenters. The lowest BCUT2D eigenvalue weighted by molar-refractivity contribution is -0.120. The Hall–Kier alpha value is -3.78. The zero-order valence-corrected chi connectivity index (χ0v) is 17.0. The molecule has 0 aliphatic carbocycles. The number of ether oxygens (including phenoxy) is 1. The van der Waals surface area contributed by atoms with Gasteiger partial charge in [-0.05, 0) is 30.2 Å². The fourth-order valence-corrected chi connectivity index (χ4v) is 3.28. The van der Waals surface area contributed by atoms with Gasteiger partial charge in [0.1, 0.15) is 12.4 Å². The molecule has 0 atom stereocenters. The van der Waals surface area contributed by atoms with E-state index in [0.717, 1.165) is 16.9 Å². The van der Waals surface area contributed by atoms with Crippen molar-refractivity contribution in [3.8, 4) is 11.3 Å². The van der Waals surface area contributed by atoms with Gasteiger partial charge in [0.15, 0.2) is 11.5 Å². The monoisotopic (exact) mass is 419 g/mol. The number of hydrogen-bond donors (Lipinski definition) is 2. The summed E-state index contributed by atoms with van der Waals surface area (Å²) in [5, 5.41) is 5.83. The van der Waals surface area contributed by atoms with E-state index in [1.165, 1.54) is 6.07 Å². The molecule has 0 saturated carbocycles. The summed E-state index contributed by atoms with van der Waals surface area (Å²) in [6.07, 6.45) is 5.77. The fraction of sp³-hybridized carbons (Fsp3) is 0.174. The molecule has 0 aliphatic rings. The first-order valence-corrected chi connectivity index (χ1v) is 9.87. The number of rotatable bonds is 8. The van der Waals surface area contributed by atoms with Gasteiger partial charge in [-0.25, -0.2) is 14.4 Å². The molecule has 2 aromatic carbocycles. The molecule has 0 spiro atoms. The first-order chi connectivity index (χ1) is 15.2. The highest BCUT2D eigenvalue weighted by atomic mass is 19.1. The van der Waals surface area contributed by atoms with Gasteiger partial charge < -0.3 is 15.4 Å². The second-order valence-corrected chi connectivity index (χ2v) is 6.88. The number of fused-ring (bicyclic) bond motifs is 1. The van der Waals surface area contributed by atoms with Gasteiger partial charge in [0.05, 0.1) is 18.5 Å². The van der Waals surface area contributed by atoms with Gasteiger partial charge in [0.2, 0.25) is 5.91 Å². The minimum Gasteiger partial charge on any atom is -0.371 e. The molecule has 8 heteroatoms. The van der Waals surface area contributed by atoms with Gasteiger partial charge in [-0.15, -0.1) is 0 Å². The Bertz CT molecular complexity index is 1190. The molecule has 2 heterocycles. The minimum atomic E-state index is -0.264. The first-order valence-electron chi connectivity index (χ1n) is 9.87. The lowest BCUT2D eigenvalue weighted by Crippen LogP contribution is -2.19. The van der Waals surface area contributed by atoms with Crippen LogP contribution in [-0.4, -0.2) is 40.5 Å². The topological polar surface area (TPSA) is 80.5 Å². The lowest BCUT2D eigenvalue weighted by Gasteiger charge is -2.08. The highest BCUT2D eigenvalue weighted by Crippen LogP contribution is 2.24. The Balaban J connectivity index is 1.32. The average Bonchev–Trinajstić information content (AvgIpc) is 3.23. The van der Waals surface area contributed by atoms with Crippen LogP contribution < -0.4 is 10.6 Å². The van der Waals surface area contributed by atoms with E-state index in [1.54, 1.807) is 37.6 Å². The quantitative estimate of drug-likeness (QED) is 0.425. The summed E-state index contributed by atoms with van der Waals surface area (Å²) in [6, 6.07) is 14.0. The van der Waals surface area contributed by atoms with Crippen LogP contribution in [0, 0.1) is 5.82 Å². The van der Waals surface area contributed by atoms with Crippen LogP contribution >= 0.6 is 0 Å². The second-order valence-electron chi connectivity index (χ2n) is 6.88. The van der Waals surface area contributed by atoms with Crippen molar-refractivity contribution in [1.29, 1.82) is 0 Å². The Kier molecular flexibility index (Phi) is 6.18. The summed E-state index contributed by atoms with van der Waals surface area (Å²) in [6.45, 7) is 0.175. The van der Waals surface area contributed by atoms with Gasteiger partial charge in [0, 0.05) is 30.7 Å². The predicted molar refractivity (Wildman–Crippen MR) is 118 cm³/mol. The van der Waals surface area contributed by atoms with E-state index < -0.39 is 0 Å². The van der Waals surface area contributed by atoms with Crippen molar-refractivity contribution in [2.75, 3.05) is 30.9 Å². The van der Waals surface area contributed by atoms with Crippen LogP contribution in [0.25, 0.3) is 16.9 Å². The van der Waals surface area contributed by atoms with Crippen molar-refractivity contribution in [2.45, 2.75) is 6.42 Å². The van der Waals surface area contributed by atoms with Gasteiger partial charge in [-0.3, -0.25) is 9.20 Å². The summed E-state index contributed by atoms with van der Waals surface area (Å²) in [4.78, 5) is 20.8. The SMILES string of the molecule is CNc1nccn2c(-c3ccc(NC(=O)COCCc4ccccc4F)cc3)cnc12. The van der Waals surface area contributed by atoms with Gasteiger partial charge in [0.25, 0.3) is 0 Å². The molecule has 4 aromatic rings. The summed E-state index contributed by atoms with van der Waals surface area (Å²) < 4.78 is 20.9. The first kappa shape index (κ1) is 20.5. The van der Waals surface area contributed by atoms with Crippen molar-refractivity contribution in [1.82, 2.24) is 14.4 Å². The standard InChI is InChI=1S/C23H22FN5O2/c1-25-22-23-27-14-20(29(23)12-11-26-22)17-6-8-18(9-7-17)28-21(30)15-31-13-10-16-4-2-3-5-19(16)24/h2-9,11-12,14H,10,13,15H2,1H3,(H,25,26)(H,28,30). The van der Waals surface area contributed by atoms with Crippen molar-refractivity contribution in [3.63, 3.8) is 0 Å². The van der Waals surface area contributed by atoms with Crippen LogP contribution in [0.3, 0.4) is 0 Å². The number of carbonyl (C=O) groups excluding carboxylic acids is 1. The number of halogens is 1. The van der Waals surface area contributed by atoms with Crippen molar-refractivity contribution in [2.24, 2.45) is 0 Å². The van der Waals surface area contributed by atoms with Gasteiger partial charge in [-0.2, -0.15) is 0 Å². The maximum Gasteiger partial charge on any atom is 0.250 e. The van der Waals surface area contributed by atoms with Crippen LogP contribution in [0.1, 0.15) is 5.56 Å². The molecule has 31 heavy (non-hydrogen) atoms. The molecule has 7 nitrogen and oxygen atoms in total. The third-order valence-electron chi connectivity index (χ3n) is 4.84. The summed E-state index contributed by atoms with van der Waals surface area (Å²) >= 11 is 0. The van der Waals surface area contributed by atoms with Crippen LogP contribution in [0.15, 0.2) is 67.1 Å². The summed E-state index contributed by atoms with van der Waals surface area (Å²) in [7, 11) is 1.80. The molecule has 2 aromatic heterocycles. The number of imidazole rings is 1. The predicted octanol–water partition coefficient (Wildman–Crippen LogP) is 3.77. The number of benzene rings is 2. The zero-order valence-electron chi connectivity index (χ0n) is 17.0. The Morgan fingerprint density at radius 3 is 2.71 bits per heavy atom. The Morgan fingerprint density at radius 1 is 1.13 bits per heavy atom. The third-order valence-corrected chi connectivity index (χ3v) is 4.84. The molecule has 0 aliphatic heterocycles. The van der Waals surface area contributed by atoms with E-state index in [4.69, 9.17) is 4.74 Å². The Labute approximate surface area is 178 Å². The largest absolute Gasteiger partial charge is 0.371 e. The molecule has 0 radical (unpaired) electrons. The maximum absolute atomic E-state index is 13.6. The number of hydrogen-bond acceptors (Lipinski definition) is 5. The highest BCUT2D eigenvalue weighted by molar-refractivity contribution is 5.92. The lowest BCUT2D eigenvalue weighted by atomic mass is 10.1. The fourth-order valence-electron chi connectivity index (χ4n) is 3.28. The van der Waals surface area contributed by atoms with Gasteiger partial charge >= 0.3 is 0 Å². The van der Waals surface area contributed by atoms with E-state index in [0.29, 0.717) is 23.5 Å². The molecule has 1 amide bonds. The van der Waals surface area contributed by atoms with Crippen LogP contribution in [0.5, 0.6) is 0 Å². The maximum atomic E-state index is 13.6. The number of amides is 1. The van der Waals surface area contributed by atoms with E-state index >= 15 is 0 Å². The van der Waals surface area contributed by atoms with Crippen LogP contribution in [-0.2, 0) is 16.0 Å². The zero-order chi connectivity index (χ0) is 21.6. The summed E-state index contributed by atoms with van der Waals surface area (Å²) in [5.74, 6) is 0.175.